The fraction of sp³-hybridized carbons (Fsp3) is 0.0577. The van der Waals surface area contributed by atoms with Crippen molar-refractivity contribution >= 4 is 49.4 Å². The van der Waals surface area contributed by atoms with Crippen LogP contribution in [0.25, 0.3) is 88.6 Å². The van der Waals surface area contributed by atoms with E-state index in [9.17, 15) is 0 Å². The van der Waals surface area contributed by atoms with Crippen molar-refractivity contribution in [3.8, 4) is 56.3 Å². The van der Waals surface area contributed by atoms with Crippen molar-refractivity contribution < 1.29 is 4.42 Å². The Morgan fingerprint density at radius 3 is 1.95 bits per heavy atom. The molecule has 0 saturated carbocycles. The normalized spacial score (nSPS) is 13.4. The summed E-state index contributed by atoms with van der Waals surface area (Å²) in [6.07, 6.45) is 0. The second kappa shape index (κ2) is 11.0. The van der Waals surface area contributed by atoms with E-state index in [0.29, 0.717) is 5.89 Å². The minimum absolute atomic E-state index is 0.117. The molecule has 0 radical (unpaired) electrons. The first-order valence-electron chi connectivity index (χ1n) is 19.0. The zero-order chi connectivity index (χ0) is 36.4. The van der Waals surface area contributed by atoms with Gasteiger partial charge in [0, 0.05) is 44.3 Å². The summed E-state index contributed by atoms with van der Waals surface area (Å²) in [6, 6.07) is 61.8. The molecule has 3 nitrogen and oxygen atoms in total. The average Bonchev–Trinajstić information content (AvgIpc) is 3.87. The van der Waals surface area contributed by atoms with Crippen LogP contribution in [0, 0.1) is 0 Å². The van der Waals surface area contributed by atoms with Crippen LogP contribution in [0.2, 0.25) is 0 Å². The highest BCUT2D eigenvalue weighted by Crippen LogP contribution is 2.55. The van der Waals surface area contributed by atoms with Gasteiger partial charge in [-0.2, -0.15) is 0 Å². The lowest BCUT2D eigenvalue weighted by molar-refractivity contribution is 0.590. The van der Waals surface area contributed by atoms with Gasteiger partial charge in [0.1, 0.15) is 5.69 Å². The Kier molecular flexibility index (Phi) is 6.12. The Bertz CT molecular complexity index is 3160. The van der Waals surface area contributed by atoms with E-state index in [-0.39, 0.29) is 5.41 Å². The Hall–Kier alpha value is -6.97. The Labute approximate surface area is 319 Å². The van der Waals surface area contributed by atoms with Crippen molar-refractivity contribution in [2.75, 3.05) is 4.90 Å². The molecule has 10 aromatic rings. The van der Waals surface area contributed by atoms with E-state index in [0.717, 1.165) is 45.2 Å². The second-order valence-electron chi connectivity index (χ2n) is 15.5. The van der Waals surface area contributed by atoms with Gasteiger partial charge in [0.15, 0.2) is 5.76 Å². The van der Waals surface area contributed by atoms with E-state index < -0.39 is 0 Å². The summed E-state index contributed by atoms with van der Waals surface area (Å²) in [7, 11) is 0. The molecule has 1 aromatic heterocycles. The van der Waals surface area contributed by atoms with Crippen LogP contribution < -0.4 is 4.90 Å². The van der Waals surface area contributed by atoms with E-state index in [2.05, 4.69) is 170 Å². The predicted molar refractivity (Wildman–Crippen MR) is 228 cm³/mol. The molecule has 258 valence electrons. The van der Waals surface area contributed by atoms with Crippen LogP contribution >= 0.6 is 0 Å². The summed E-state index contributed by atoms with van der Waals surface area (Å²) < 4.78 is 6.58. The summed E-state index contributed by atoms with van der Waals surface area (Å²) in [5, 5.41) is 7.39. The third-order valence-corrected chi connectivity index (χ3v) is 12.2. The lowest BCUT2D eigenvalue weighted by Crippen LogP contribution is -2.16. The highest BCUT2D eigenvalue weighted by Gasteiger charge is 2.36. The van der Waals surface area contributed by atoms with Crippen LogP contribution in [0.5, 0.6) is 0 Å². The number of hydrogen-bond donors (Lipinski definition) is 0. The zero-order valence-corrected chi connectivity index (χ0v) is 30.5. The van der Waals surface area contributed by atoms with E-state index in [1.165, 1.54) is 65.7 Å². The number of benzene rings is 9. The van der Waals surface area contributed by atoms with Gasteiger partial charge < -0.3 is 9.32 Å². The topological polar surface area (TPSA) is 29.3 Å². The minimum Gasteiger partial charge on any atom is -0.435 e. The van der Waals surface area contributed by atoms with Gasteiger partial charge in [-0.15, -0.1) is 0 Å². The first kappa shape index (κ1) is 30.5. The maximum Gasteiger partial charge on any atom is 0.227 e. The van der Waals surface area contributed by atoms with Gasteiger partial charge in [0.05, 0.1) is 5.69 Å². The minimum atomic E-state index is -0.117. The smallest absolute Gasteiger partial charge is 0.227 e. The third-order valence-electron chi connectivity index (χ3n) is 12.2. The molecule has 0 unspecified atom stereocenters. The molecular weight excluding hydrogens is 669 g/mol. The quantitative estimate of drug-likeness (QED) is 0.167. The average molecular weight is 703 g/mol. The van der Waals surface area contributed by atoms with Crippen molar-refractivity contribution in [1.29, 1.82) is 0 Å². The molecule has 1 heterocycles. The molecule has 55 heavy (non-hydrogen) atoms. The molecule has 0 aliphatic heterocycles. The van der Waals surface area contributed by atoms with Crippen LogP contribution in [0.4, 0.5) is 17.1 Å². The molecular formula is C52H34N2O. The van der Waals surface area contributed by atoms with Gasteiger partial charge in [-0.25, -0.2) is 4.98 Å². The molecule has 0 fully saturated rings. The summed E-state index contributed by atoms with van der Waals surface area (Å²) >= 11 is 0. The van der Waals surface area contributed by atoms with Crippen LogP contribution in [-0.2, 0) is 5.41 Å². The Balaban J connectivity index is 1.08. The molecule has 3 heteroatoms. The highest BCUT2D eigenvalue weighted by atomic mass is 16.4. The highest BCUT2D eigenvalue weighted by molar-refractivity contribution is 6.32. The van der Waals surface area contributed by atoms with E-state index in [1.54, 1.807) is 0 Å². The number of nitrogens with zero attached hydrogens (tertiary/aromatic N) is 2. The van der Waals surface area contributed by atoms with Crippen molar-refractivity contribution in [3.63, 3.8) is 0 Å². The van der Waals surface area contributed by atoms with Gasteiger partial charge >= 0.3 is 0 Å². The SMILES string of the molecule is CC1(C)c2ccccc2-c2ccc(N(c3ccc(-c4ccccc4)cc3)c3ccc4cc5c6c(ccc7ccc3c4c76)-c3nc(-c4ccccc4)oc3-5)cc21. The molecule has 0 atom stereocenters. The Morgan fingerprint density at radius 1 is 0.473 bits per heavy atom. The van der Waals surface area contributed by atoms with E-state index in [4.69, 9.17) is 9.40 Å². The lowest BCUT2D eigenvalue weighted by Gasteiger charge is -2.30. The number of oxazole rings is 1. The van der Waals surface area contributed by atoms with Crippen LogP contribution in [-0.4, -0.2) is 4.98 Å². The van der Waals surface area contributed by atoms with E-state index >= 15 is 0 Å². The number of aromatic nitrogens is 1. The van der Waals surface area contributed by atoms with Crippen LogP contribution in [0.3, 0.4) is 0 Å². The van der Waals surface area contributed by atoms with Crippen LogP contribution in [0.1, 0.15) is 25.0 Å². The molecule has 12 rings (SSSR count). The summed E-state index contributed by atoms with van der Waals surface area (Å²) in [4.78, 5) is 7.54. The lowest BCUT2D eigenvalue weighted by atomic mass is 9.82. The number of rotatable bonds is 5. The summed E-state index contributed by atoms with van der Waals surface area (Å²) in [5.74, 6) is 1.51. The van der Waals surface area contributed by atoms with Gasteiger partial charge in [0.25, 0.3) is 0 Å². The predicted octanol–water partition coefficient (Wildman–Crippen LogP) is 14.3. The molecule has 0 amide bonds. The summed E-state index contributed by atoms with van der Waals surface area (Å²) in [6.45, 7) is 4.71. The number of hydrogen-bond acceptors (Lipinski definition) is 3. The summed E-state index contributed by atoms with van der Waals surface area (Å²) in [5.41, 5.74) is 15.2. The molecule has 9 aromatic carbocycles. The van der Waals surface area contributed by atoms with Crippen molar-refractivity contribution in [1.82, 2.24) is 4.98 Å². The fourth-order valence-corrected chi connectivity index (χ4v) is 9.55. The van der Waals surface area contributed by atoms with Gasteiger partial charge in [-0.3, -0.25) is 0 Å². The third kappa shape index (κ3) is 4.24. The van der Waals surface area contributed by atoms with Gasteiger partial charge in [0.2, 0.25) is 5.89 Å². The fourth-order valence-electron chi connectivity index (χ4n) is 9.55. The van der Waals surface area contributed by atoms with Crippen molar-refractivity contribution in [2.24, 2.45) is 0 Å². The second-order valence-corrected chi connectivity index (χ2v) is 15.5. The van der Waals surface area contributed by atoms with Crippen LogP contribution in [0.15, 0.2) is 174 Å². The van der Waals surface area contributed by atoms with E-state index in [1.807, 2.05) is 18.2 Å². The molecule has 0 spiro atoms. The standard InChI is InChI=1S/C52H34N2O/c1-52(2)43-16-10-9-15-38(43)39-27-24-37(30-44(39)52)54(36-22-17-32(18-23-36)31-11-5-3-6-12-31)45-28-21-35-29-42-48-41(26-20-33-19-25-40(45)46(35)47(33)48)49-50(42)55-51(53-49)34-13-7-4-8-14-34/h3-30H,1-2H3. The first-order chi connectivity index (χ1) is 27.0. The number of anilines is 3. The monoisotopic (exact) mass is 702 g/mol. The van der Waals surface area contributed by atoms with Crippen molar-refractivity contribution in [2.45, 2.75) is 19.3 Å². The van der Waals surface area contributed by atoms with Gasteiger partial charge in [-0.05, 0) is 103 Å². The maximum absolute atomic E-state index is 6.58. The van der Waals surface area contributed by atoms with Crippen molar-refractivity contribution in [3.05, 3.63) is 181 Å². The molecule has 2 aliphatic rings. The number of fused-ring (bicyclic) bond motifs is 6. The molecule has 0 saturated heterocycles. The van der Waals surface area contributed by atoms with Gasteiger partial charge in [-0.1, -0.05) is 135 Å². The molecule has 2 aliphatic carbocycles. The zero-order valence-electron chi connectivity index (χ0n) is 30.5. The largest absolute Gasteiger partial charge is 0.435 e. The molecule has 0 bridgehead atoms. The Morgan fingerprint density at radius 2 is 1.13 bits per heavy atom. The maximum atomic E-state index is 6.58. The first-order valence-corrected chi connectivity index (χ1v) is 19.0. The molecule has 0 N–H and O–H groups in total.